The zero-order chi connectivity index (χ0) is 15.1. The molecule has 0 aromatic carbocycles. The summed E-state index contributed by atoms with van der Waals surface area (Å²) in [5.41, 5.74) is 7.26. The van der Waals surface area contributed by atoms with Gasteiger partial charge in [0.2, 0.25) is 5.95 Å². The molecule has 4 N–H and O–H groups in total. The molecular formula is C12H15N5O3S. The molecule has 1 saturated heterocycles. The van der Waals surface area contributed by atoms with E-state index in [9.17, 15) is 10.2 Å². The van der Waals surface area contributed by atoms with Crippen molar-refractivity contribution in [2.24, 2.45) is 0 Å². The first kappa shape index (κ1) is 14.3. The van der Waals surface area contributed by atoms with Gasteiger partial charge in [0.25, 0.3) is 0 Å². The van der Waals surface area contributed by atoms with Crippen molar-refractivity contribution in [2.45, 2.75) is 23.5 Å². The zero-order valence-electron chi connectivity index (χ0n) is 11.3. The lowest BCUT2D eigenvalue weighted by atomic mass is 10.1. The minimum absolute atomic E-state index is 0.136. The highest BCUT2D eigenvalue weighted by atomic mass is 32.2. The molecule has 3 atom stereocenters. The number of nitrogens with zero attached hydrogens (tertiary/aromatic N) is 4. The maximum atomic E-state index is 9.97. The van der Waals surface area contributed by atoms with E-state index in [4.69, 9.17) is 10.5 Å². The summed E-state index contributed by atoms with van der Waals surface area (Å²) in [6.07, 6.45) is 1.12. The van der Waals surface area contributed by atoms with Gasteiger partial charge in [0, 0.05) is 5.57 Å². The van der Waals surface area contributed by atoms with Crippen molar-refractivity contribution in [1.82, 2.24) is 19.5 Å². The van der Waals surface area contributed by atoms with Gasteiger partial charge < -0.3 is 20.7 Å². The Hall–Kier alpha value is -1.68. The maximum absolute atomic E-state index is 9.97. The molecule has 0 radical (unpaired) electrons. The Morgan fingerprint density at radius 3 is 2.90 bits per heavy atom. The molecule has 9 heteroatoms. The normalized spacial score (nSPS) is 25.9. The Labute approximate surface area is 124 Å². The summed E-state index contributed by atoms with van der Waals surface area (Å²) in [6, 6.07) is 0. The molecule has 21 heavy (non-hydrogen) atoms. The number of fused-ring (bicyclic) bond motifs is 1. The Morgan fingerprint density at radius 2 is 2.29 bits per heavy atom. The van der Waals surface area contributed by atoms with E-state index in [1.54, 1.807) is 10.9 Å². The van der Waals surface area contributed by atoms with E-state index in [2.05, 4.69) is 21.5 Å². The second-order valence-electron chi connectivity index (χ2n) is 4.64. The molecule has 3 rings (SSSR count). The lowest BCUT2D eigenvalue weighted by Crippen LogP contribution is -2.25. The predicted molar refractivity (Wildman–Crippen MR) is 77.7 cm³/mol. The molecule has 1 aliphatic rings. The van der Waals surface area contributed by atoms with Crippen LogP contribution in [0.2, 0.25) is 0 Å². The smallest absolute Gasteiger partial charge is 0.223 e. The quantitative estimate of drug-likeness (QED) is 0.410. The molecule has 0 bridgehead atoms. The third-order valence-electron chi connectivity index (χ3n) is 3.39. The van der Waals surface area contributed by atoms with Crippen LogP contribution in [0.3, 0.4) is 0 Å². The fourth-order valence-corrected chi connectivity index (χ4v) is 2.84. The zero-order valence-corrected chi connectivity index (χ0v) is 12.1. The first-order valence-corrected chi connectivity index (χ1v) is 7.46. The summed E-state index contributed by atoms with van der Waals surface area (Å²) in [5.74, 6) is 0.136. The van der Waals surface area contributed by atoms with Crippen LogP contribution < -0.4 is 5.73 Å². The lowest BCUT2D eigenvalue weighted by molar-refractivity contribution is -0.0422. The van der Waals surface area contributed by atoms with Gasteiger partial charge in [0.1, 0.15) is 22.8 Å². The largest absolute Gasteiger partial charge is 0.394 e. The fourth-order valence-electron chi connectivity index (χ4n) is 2.32. The van der Waals surface area contributed by atoms with Crippen LogP contribution >= 0.6 is 11.8 Å². The van der Waals surface area contributed by atoms with Crippen LogP contribution in [0.1, 0.15) is 6.23 Å². The second-order valence-corrected chi connectivity index (χ2v) is 5.44. The molecule has 0 aliphatic carbocycles. The van der Waals surface area contributed by atoms with Crippen LogP contribution in [0.15, 0.2) is 23.5 Å². The van der Waals surface area contributed by atoms with E-state index < -0.39 is 18.4 Å². The number of hydrogen-bond donors (Lipinski definition) is 3. The number of aliphatic hydroxyl groups is 2. The van der Waals surface area contributed by atoms with Gasteiger partial charge in [-0.2, -0.15) is 4.98 Å². The Bertz CT molecular complexity index is 704. The molecule has 2 aromatic rings. The van der Waals surface area contributed by atoms with Crippen LogP contribution in [-0.2, 0) is 4.74 Å². The summed E-state index contributed by atoms with van der Waals surface area (Å²) in [6.45, 7) is 3.53. The van der Waals surface area contributed by atoms with Crippen LogP contribution in [0.5, 0.6) is 0 Å². The second kappa shape index (κ2) is 5.26. The molecule has 1 fully saturated rings. The molecule has 1 aliphatic heterocycles. The molecule has 8 nitrogen and oxygen atoms in total. The van der Waals surface area contributed by atoms with Crippen molar-refractivity contribution in [3.63, 3.8) is 0 Å². The number of aromatic nitrogens is 4. The number of ether oxygens (including phenoxy) is 1. The van der Waals surface area contributed by atoms with Gasteiger partial charge in [0.15, 0.2) is 11.9 Å². The molecule has 0 saturated carbocycles. The number of imidazole rings is 1. The number of nitrogens with two attached hydrogens (primary N) is 1. The van der Waals surface area contributed by atoms with Crippen molar-refractivity contribution < 1.29 is 14.9 Å². The van der Waals surface area contributed by atoms with Gasteiger partial charge in [0.05, 0.1) is 12.9 Å². The standard InChI is InChI=1S/C12H15N5O3S/c1-5-8(19)6(3-18)20-11(5)17-4-14-7-9(17)15-12(13)16-10(7)21-2/h4,6,8,11,18-19H,1,3H2,2H3,(H2,13,15,16)/t6-,8+,11-/m1/s1. The highest BCUT2D eigenvalue weighted by Gasteiger charge is 2.39. The molecule has 112 valence electrons. The van der Waals surface area contributed by atoms with E-state index in [0.717, 1.165) is 0 Å². The summed E-state index contributed by atoms with van der Waals surface area (Å²) < 4.78 is 7.25. The molecule has 2 aromatic heterocycles. The molecular weight excluding hydrogens is 294 g/mol. The van der Waals surface area contributed by atoms with Gasteiger partial charge in [-0.05, 0) is 6.26 Å². The fraction of sp³-hybridized carbons (Fsp3) is 0.417. The number of thioether (sulfide) groups is 1. The number of aliphatic hydroxyl groups excluding tert-OH is 2. The van der Waals surface area contributed by atoms with Crippen LogP contribution in [0.25, 0.3) is 11.2 Å². The number of nitrogen functional groups attached to an aromatic ring is 1. The van der Waals surface area contributed by atoms with E-state index in [-0.39, 0.29) is 12.6 Å². The number of rotatable bonds is 3. The number of anilines is 1. The van der Waals surface area contributed by atoms with Crippen LogP contribution in [-0.4, -0.2) is 54.8 Å². The van der Waals surface area contributed by atoms with Crippen molar-refractivity contribution in [3.8, 4) is 0 Å². The summed E-state index contributed by atoms with van der Waals surface area (Å²) in [4.78, 5) is 12.6. The highest BCUT2D eigenvalue weighted by molar-refractivity contribution is 7.98. The molecule has 0 spiro atoms. The van der Waals surface area contributed by atoms with Crippen molar-refractivity contribution in [2.75, 3.05) is 18.6 Å². The van der Waals surface area contributed by atoms with E-state index in [0.29, 0.717) is 21.8 Å². The Kier molecular flexibility index (Phi) is 3.57. The summed E-state index contributed by atoms with van der Waals surface area (Å²) in [5, 5.41) is 19.8. The average molecular weight is 309 g/mol. The first-order valence-electron chi connectivity index (χ1n) is 6.24. The molecule has 0 unspecified atom stereocenters. The maximum Gasteiger partial charge on any atom is 0.223 e. The van der Waals surface area contributed by atoms with Gasteiger partial charge in [-0.3, -0.25) is 4.57 Å². The van der Waals surface area contributed by atoms with Gasteiger partial charge >= 0.3 is 0 Å². The monoisotopic (exact) mass is 309 g/mol. The Balaban J connectivity index is 2.10. The molecule has 0 amide bonds. The van der Waals surface area contributed by atoms with Gasteiger partial charge in [-0.15, -0.1) is 11.8 Å². The average Bonchev–Trinajstić information content (AvgIpc) is 3.01. The van der Waals surface area contributed by atoms with Crippen molar-refractivity contribution in [3.05, 3.63) is 18.5 Å². The Morgan fingerprint density at radius 1 is 1.52 bits per heavy atom. The van der Waals surface area contributed by atoms with E-state index in [1.165, 1.54) is 11.8 Å². The van der Waals surface area contributed by atoms with E-state index in [1.807, 2.05) is 6.26 Å². The van der Waals surface area contributed by atoms with Gasteiger partial charge in [-0.1, -0.05) is 6.58 Å². The van der Waals surface area contributed by atoms with E-state index >= 15 is 0 Å². The third kappa shape index (κ3) is 2.18. The van der Waals surface area contributed by atoms with Crippen molar-refractivity contribution >= 4 is 28.9 Å². The number of hydrogen-bond acceptors (Lipinski definition) is 8. The highest BCUT2D eigenvalue weighted by Crippen LogP contribution is 2.35. The minimum Gasteiger partial charge on any atom is -0.394 e. The SMILES string of the molecule is C=C1[C@H](n2cnc3c(SC)nc(N)nc32)O[C@H](CO)[C@H]1O. The summed E-state index contributed by atoms with van der Waals surface area (Å²) in [7, 11) is 0. The lowest BCUT2D eigenvalue weighted by Gasteiger charge is -2.14. The molecule has 3 heterocycles. The van der Waals surface area contributed by atoms with Crippen molar-refractivity contribution in [1.29, 1.82) is 0 Å². The topological polar surface area (TPSA) is 119 Å². The van der Waals surface area contributed by atoms with Crippen LogP contribution in [0.4, 0.5) is 5.95 Å². The summed E-state index contributed by atoms with van der Waals surface area (Å²) >= 11 is 1.42. The first-order chi connectivity index (χ1) is 10.1. The van der Waals surface area contributed by atoms with Crippen LogP contribution in [0, 0.1) is 0 Å². The minimum atomic E-state index is -0.934. The third-order valence-corrected chi connectivity index (χ3v) is 4.06. The predicted octanol–water partition coefficient (Wildman–Crippen LogP) is -0.0628. The van der Waals surface area contributed by atoms with Gasteiger partial charge in [-0.25, -0.2) is 9.97 Å².